The molecule has 1 aliphatic heterocycles. The number of rotatable bonds is 6. The Balaban J connectivity index is 2.16. The monoisotopic (exact) mass is 305 g/mol. The molecule has 1 aromatic carbocycles. The third-order valence-electron chi connectivity index (χ3n) is 3.78. The summed E-state index contributed by atoms with van der Waals surface area (Å²) in [5.74, 6) is -0.154. The smallest absolute Gasteiger partial charge is 0.410 e. The van der Waals surface area contributed by atoms with Crippen LogP contribution in [-0.4, -0.2) is 35.7 Å². The van der Waals surface area contributed by atoms with Crippen LogP contribution >= 0.6 is 0 Å². The van der Waals surface area contributed by atoms with Gasteiger partial charge in [-0.15, -0.1) is 0 Å². The fraction of sp³-hybridized carbons (Fsp3) is 0.529. The van der Waals surface area contributed by atoms with Crippen LogP contribution < -0.4 is 0 Å². The standard InChI is InChI=1S/C17H23NO4/c1-4-21-15(19)10-14-16(12(2)3)22-17(20)18(14)11-13-8-6-5-7-9-13/h5-9,12,14,16H,4,10-11H2,1-3H3/t14-,16-/m0/s1. The quantitative estimate of drug-likeness (QED) is 0.758. The highest BCUT2D eigenvalue weighted by atomic mass is 16.6. The molecule has 0 spiro atoms. The Morgan fingerprint density at radius 1 is 1.32 bits per heavy atom. The highest BCUT2D eigenvalue weighted by Crippen LogP contribution is 2.29. The second-order valence-corrected chi connectivity index (χ2v) is 5.78. The van der Waals surface area contributed by atoms with Crippen molar-refractivity contribution in [3.8, 4) is 0 Å². The molecule has 5 heteroatoms. The van der Waals surface area contributed by atoms with E-state index in [1.807, 2.05) is 44.2 Å². The van der Waals surface area contributed by atoms with Gasteiger partial charge >= 0.3 is 12.1 Å². The Morgan fingerprint density at radius 3 is 2.59 bits per heavy atom. The molecule has 0 aromatic heterocycles. The van der Waals surface area contributed by atoms with Gasteiger partial charge in [0.15, 0.2) is 0 Å². The molecule has 0 radical (unpaired) electrons. The number of cyclic esters (lactones) is 1. The van der Waals surface area contributed by atoms with Gasteiger partial charge in [0.1, 0.15) is 6.10 Å². The Morgan fingerprint density at radius 2 is 2.00 bits per heavy atom. The molecule has 22 heavy (non-hydrogen) atoms. The minimum atomic E-state index is -0.364. The van der Waals surface area contributed by atoms with Gasteiger partial charge in [0.25, 0.3) is 0 Å². The van der Waals surface area contributed by atoms with Gasteiger partial charge in [-0.1, -0.05) is 44.2 Å². The van der Waals surface area contributed by atoms with E-state index in [1.165, 1.54) is 0 Å². The van der Waals surface area contributed by atoms with Crippen LogP contribution in [0.15, 0.2) is 30.3 Å². The van der Waals surface area contributed by atoms with E-state index in [-0.39, 0.29) is 36.5 Å². The number of hydrogen-bond acceptors (Lipinski definition) is 4. The van der Waals surface area contributed by atoms with Crippen LogP contribution in [0.1, 0.15) is 32.8 Å². The van der Waals surface area contributed by atoms with Crippen LogP contribution in [0.25, 0.3) is 0 Å². The van der Waals surface area contributed by atoms with E-state index < -0.39 is 0 Å². The van der Waals surface area contributed by atoms with Crippen molar-refractivity contribution in [3.63, 3.8) is 0 Å². The van der Waals surface area contributed by atoms with Crippen molar-refractivity contribution in [2.75, 3.05) is 6.61 Å². The van der Waals surface area contributed by atoms with Gasteiger partial charge in [-0.05, 0) is 18.4 Å². The fourth-order valence-corrected chi connectivity index (χ4v) is 2.73. The summed E-state index contributed by atoms with van der Waals surface area (Å²) >= 11 is 0. The largest absolute Gasteiger partial charge is 0.466 e. The van der Waals surface area contributed by atoms with E-state index in [9.17, 15) is 9.59 Å². The normalized spacial score (nSPS) is 21.1. The van der Waals surface area contributed by atoms with Crippen LogP contribution in [0.5, 0.6) is 0 Å². The molecule has 0 unspecified atom stereocenters. The molecule has 1 saturated heterocycles. The van der Waals surface area contributed by atoms with Crippen molar-refractivity contribution in [2.24, 2.45) is 5.92 Å². The maximum Gasteiger partial charge on any atom is 0.410 e. The van der Waals surface area contributed by atoms with Gasteiger partial charge in [0.2, 0.25) is 0 Å². The van der Waals surface area contributed by atoms with Crippen molar-refractivity contribution in [2.45, 2.75) is 45.9 Å². The van der Waals surface area contributed by atoms with E-state index >= 15 is 0 Å². The first-order valence-electron chi connectivity index (χ1n) is 7.69. The first-order chi connectivity index (χ1) is 10.5. The highest BCUT2D eigenvalue weighted by Gasteiger charge is 2.44. The molecule has 2 atom stereocenters. The number of carbonyl (C=O) groups is 2. The molecule has 2 rings (SSSR count). The summed E-state index contributed by atoms with van der Waals surface area (Å²) in [7, 11) is 0. The zero-order chi connectivity index (χ0) is 16.1. The van der Waals surface area contributed by atoms with Crippen molar-refractivity contribution >= 4 is 12.1 Å². The number of nitrogens with zero attached hydrogens (tertiary/aromatic N) is 1. The van der Waals surface area contributed by atoms with Crippen molar-refractivity contribution in [1.82, 2.24) is 4.90 Å². The van der Waals surface area contributed by atoms with E-state index in [4.69, 9.17) is 9.47 Å². The van der Waals surface area contributed by atoms with Crippen molar-refractivity contribution < 1.29 is 19.1 Å². The average molecular weight is 305 g/mol. The van der Waals surface area contributed by atoms with Gasteiger partial charge in [0, 0.05) is 6.54 Å². The second-order valence-electron chi connectivity index (χ2n) is 5.78. The van der Waals surface area contributed by atoms with Crippen molar-refractivity contribution in [3.05, 3.63) is 35.9 Å². The Labute approximate surface area is 131 Å². The maximum absolute atomic E-state index is 12.2. The molecule has 1 heterocycles. The summed E-state index contributed by atoms with van der Waals surface area (Å²) in [5, 5.41) is 0. The number of esters is 1. The molecule has 1 fully saturated rings. The van der Waals surface area contributed by atoms with Gasteiger partial charge in [-0.25, -0.2) is 4.79 Å². The van der Waals surface area contributed by atoms with Crippen LogP contribution in [0.4, 0.5) is 4.79 Å². The van der Waals surface area contributed by atoms with Crippen molar-refractivity contribution in [1.29, 1.82) is 0 Å². The highest BCUT2D eigenvalue weighted by molar-refractivity contribution is 5.75. The molecule has 5 nitrogen and oxygen atoms in total. The third-order valence-corrected chi connectivity index (χ3v) is 3.78. The molecule has 0 aliphatic carbocycles. The summed E-state index contributed by atoms with van der Waals surface area (Å²) < 4.78 is 10.5. The van der Waals surface area contributed by atoms with Crippen LogP contribution in [0.3, 0.4) is 0 Å². The van der Waals surface area contributed by atoms with Crippen LogP contribution in [0, 0.1) is 5.92 Å². The second kappa shape index (κ2) is 7.29. The lowest BCUT2D eigenvalue weighted by atomic mass is 9.96. The molecule has 1 amide bonds. The van der Waals surface area contributed by atoms with Gasteiger partial charge in [0.05, 0.1) is 19.1 Å². The lowest BCUT2D eigenvalue weighted by Crippen LogP contribution is -2.40. The van der Waals surface area contributed by atoms with E-state index in [0.717, 1.165) is 5.56 Å². The van der Waals surface area contributed by atoms with Crippen LogP contribution in [0.2, 0.25) is 0 Å². The Bertz CT molecular complexity index is 515. The van der Waals surface area contributed by atoms with E-state index in [0.29, 0.717) is 13.2 Å². The zero-order valence-corrected chi connectivity index (χ0v) is 13.3. The zero-order valence-electron chi connectivity index (χ0n) is 13.3. The number of amides is 1. The minimum absolute atomic E-state index is 0.143. The number of ether oxygens (including phenoxy) is 2. The summed E-state index contributed by atoms with van der Waals surface area (Å²) in [5.41, 5.74) is 1.01. The van der Waals surface area contributed by atoms with Gasteiger partial charge in [-0.2, -0.15) is 0 Å². The molecule has 0 N–H and O–H groups in total. The molecular formula is C17H23NO4. The molecule has 1 aliphatic rings. The summed E-state index contributed by atoms with van der Waals surface area (Å²) in [6.07, 6.45) is -0.493. The summed E-state index contributed by atoms with van der Waals surface area (Å²) in [6, 6.07) is 9.41. The number of hydrogen-bond donors (Lipinski definition) is 0. The molecular weight excluding hydrogens is 282 g/mol. The topological polar surface area (TPSA) is 55.8 Å². The maximum atomic E-state index is 12.2. The number of benzene rings is 1. The third kappa shape index (κ3) is 3.78. The Kier molecular flexibility index (Phi) is 5.41. The van der Waals surface area contributed by atoms with Gasteiger partial charge < -0.3 is 9.47 Å². The predicted molar refractivity (Wildman–Crippen MR) is 82.1 cm³/mol. The van der Waals surface area contributed by atoms with Gasteiger partial charge in [-0.3, -0.25) is 9.69 Å². The average Bonchev–Trinajstić information content (AvgIpc) is 2.78. The molecule has 0 bridgehead atoms. The number of carbonyl (C=O) groups excluding carboxylic acids is 2. The first-order valence-corrected chi connectivity index (χ1v) is 7.69. The summed E-state index contributed by atoms with van der Waals surface area (Å²) in [4.78, 5) is 25.7. The van der Waals surface area contributed by atoms with E-state index in [2.05, 4.69) is 0 Å². The Hall–Kier alpha value is -2.04. The molecule has 120 valence electrons. The lowest BCUT2D eigenvalue weighted by Gasteiger charge is -2.25. The summed E-state index contributed by atoms with van der Waals surface area (Å²) in [6.45, 7) is 6.53. The minimum Gasteiger partial charge on any atom is -0.466 e. The van der Waals surface area contributed by atoms with E-state index in [1.54, 1.807) is 11.8 Å². The lowest BCUT2D eigenvalue weighted by molar-refractivity contribution is -0.144. The predicted octanol–water partition coefficient (Wildman–Crippen LogP) is 2.99. The fourth-order valence-electron chi connectivity index (χ4n) is 2.73. The first kappa shape index (κ1) is 16.3. The molecule has 1 aromatic rings. The SMILES string of the molecule is CCOC(=O)C[C@H]1[C@H](C(C)C)OC(=O)N1Cc1ccccc1. The molecule has 0 saturated carbocycles. The van der Waals surface area contributed by atoms with Crippen LogP contribution in [-0.2, 0) is 20.8 Å².